The van der Waals surface area contributed by atoms with Crippen molar-refractivity contribution in [2.24, 2.45) is 0 Å². The lowest BCUT2D eigenvalue weighted by Gasteiger charge is -2.27. The number of aliphatic hydroxyl groups is 1. The van der Waals surface area contributed by atoms with Crippen LogP contribution in [0.2, 0.25) is 10.0 Å². The van der Waals surface area contributed by atoms with Gasteiger partial charge in [-0.25, -0.2) is 0 Å². The minimum Gasteiger partial charge on any atom is -0.503 e. The third-order valence-corrected chi connectivity index (χ3v) is 5.17. The van der Waals surface area contributed by atoms with E-state index in [2.05, 4.69) is 0 Å². The van der Waals surface area contributed by atoms with Crippen molar-refractivity contribution >= 4 is 34.9 Å². The van der Waals surface area contributed by atoms with Crippen LogP contribution < -0.4 is 0 Å². The Bertz CT molecular complexity index is 893. The highest BCUT2D eigenvalue weighted by atomic mass is 35.5. The highest BCUT2D eigenvalue weighted by Crippen LogP contribution is 2.39. The van der Waals surface area contributed by atoms with E-state index in [1.165, 1.54) is 11.8 Å². The monoisotopic (exact) mass is 389 g/mol. The molecule has 1 aliphatic rings. The van der Waals surface area contributed by atoms with Gasteiger partial charge in [0, 0.05) is 6.54 Å². The zero-order chi connectivity index (χ0) is 18.8. The molecule has 4 nitrogen and oxygen atoms in total. The van der Waals surface area contributed by atoms with Gasteiger partial charge in [0.15, 0.2) is 11.5 Å². The molecule has 26 heavy (non-hydrogen) atoms. The summed E-state index contributed by atoms with van der Waals surface area (Å²) in [5, 5.41) is 11.0. The average molecular weight is 390 g/mol. The summed E-state index contributed by atoms with van der Waals surface area (Å²) in [6, 6.07) is 14.0. The van der Waals surface area contributed by atoms with Crippen LogP contribution in [0.5, 0.6) is 0 Å². The quantitative estimate of drug-likeness (QED) is 0.817. The first-order chi connectivity index (χ1) is 12.4. The summed E-state index contributed by atoms with van der Waals surface area (Å²) in [7, 11) is 0. The molecule has 0 spiro atoms. The Balaban J connectivity index is 1.97. The highest BCUT2D eigenvalue weighted by molar-refractivity contribution is 6.42. The van der Waals surface area contributed by atoms with Gasteiger partial charge in [0.25, 0.3) is 5.91 Å². The van der Waals surface area contributed by atoms with Crippen molar-refractivity contribution in [1.29, 1.82) is 0 Å². The van der Waals surface area contributed by atoms with Crippen LogP contribution in [0, 0.1) is 0 Å². The minimum absolute atomic E-state index is 0.0847. The second kappa shape index (κ2) is 7.52. The van der Waals surface area contributed by atoms with Crippen molar-refractivity contribution in [3.63, 3.8) is 0 Å². The van der Waals surface area contributed by atoms with Crippen molar-refractivity contribution in [3.05, 3.63) is 81.0 Å². The number of carbonyl (C=O) groups is 2. The second-order valence-electron chi connectivity index (χ2n) is 6.13. The number of ketones is 1. The predicted octanol–water partition coefficient (Wildman–Crippen LogP) is 4.52. The van der Waals surface area contributed by atoms with Crippen LogP contribution in [0.4, 0.5) is 0 Å². The van der Waals surface area contributed by atoms with Crippen LogP contribution in [0.25, 0.3) is 0 Å². The van der Waals surface area contributed by atoms with Crippen molar-refractivity contribution in [1.82, 2.24) is 4.90 Å². The van der Waals surface area contributed by atoms with Gasteiger partial charge in [0.1, 0.15) is 0 Å². The molecule has 0 saturated carbocycles. The van der Waals surface area contributed by atoms with Crippen LogP contribution in [-0.4, -0.2) is 28.2 Å². The molecule has 6 heteroatoms. The van der Waals surface area contributed by atoms with Gasteiger partial charge in [-0.2, -0.15) is 0 Å². The molecule has 0 bridgehead atoms. The summed E-state index contributed by atoms with van der Waals surface area (Å²) in [5.41, 5.74) is 1.78. The molecule has 1 aliphatic heterocycles. The van der Waals surface area contributed by atoms with Crippen LogP contribution >= 0.6 is 23.2 Å². The van der Waals surface area contributed by atoms with Gasteiger partial charge in [-0.05, 0) is 36.6 Å². The lowest BCUT2D eigenvalue weighted by atomic mass is 9.96. The molecule has 1 unspecified atom stereocenters. The fourth-order valence-electron chi connectivity index (χ4n) is 3.17. The lowest BCUT2D eigenvalue weighted by Crippen LogP contribution is -2.32. The fraction of sp³-hybridized carbons (Fsp3) is 0.200. The van der Waals surface area contributed by atoms with Crippen molar-refractivity contribution in [3.8, 4) is 0 Å². The Morgan fingerprint density at radius 2 is 1.81 bits per heavy atom. The first-order valence-corrected chi connectivity index (χ1v) is 8.89. The van der Waals surface area contributed by atoms with E-state index >= 15 is 0 Å². The number of aliphatic hydroxyl groups excluding tert-OH is 1. The van der Waals surface area contributed by atoms with Gasteiger partial charge in [0.2, 0.25) is 0 Å². The van der Waals surface area contributed by atoms with E-state index in [0.29, 0.717) is 28.6 Å². The van der Waals surface area contributed by atoms with E-state index in [1.807, 2.05) is 30.3 Å². The van der Waals surface area contributed by atoms with Gasteiger partial charge in [-0.15, -0.1) is 0 Å². The van der Waals surface area contributed by atoms with E-state index in [0.717, 1.165) is 5.56 Å². The maximum Gasteiger partial charge on any atom is 0.290 e. The van der Waals surface area contributed by atoms with Gasteiger partial charge in [0.05, 0.1) is 21.7 Å². The number of Topliss-reactive ketones (excluding diaryl/α,β-unsaturated/α-hetero) is 1. The van der Waals surface area contributed by atoms with E-state index in [-0.39, 0.29) is 11.4 Å². The van der Waals surface area contributed by atoms with Crippen LogP contribution in [0.3, 0.4) is 0 Å². The Labute approximate surface area is 161 Å². The molecule has 1 heterocycles. The molecular formula is C20H17Cl2NO3. The molecule has 0 aliphatic carbocycles. The average Bonchev–Trinajstić information content (AvgIpc) is 2.88. The summed E-state index contributed by atoms with van der Waals surface area (Å²) < 4.78 is 0. The molecule has 2 aromatic rings. The molecule has 0 aromatic heterocycles. The summed E-state index contributed by atoms with van der Waals surface area (Å²) >= 11 is 12.1. The molecular weight excluding hydrogens is 373 g/mol. The minimum atomic E-state index is -0.682. The number of nitrogens with zero attached hydrogens (tertiary/aromatic N) is 1. The normalized spacial score (nSPS) is 17.1. The predicted molar refractivity (Wildman–Crippen MR) is 101 cm³/mol. The van der Waals surface area contributed by atoms with E-state index < -0.39 is 17.7 Å². The number of amides is 1. The van der Waals surface area contributed by atoms with Crippen molar-refractivity contribution in [2.45, 2.75) is 19.4 Å². The summed E-state index contributed by atoms with van der Waals surface area (Å²) in [4.78, 5) is 26.2. The van der Waals surface area contributed by atoms with E-state index in [9.17, 15) is 14.7 Å². The molecule has 2 aromatic carbocycles. The molecule has 0 radical (unpaired) electrons. The zero-order valence-corrected chi connectivity index (χ0v) is 15.6. The van der Waals surface area contributed by atoms with Gasteiger partial charge < -0.3 is 10.0 Å². The Hall–Kier alpha value is -2.30. The number of rotatable bonds is 5. The molecule has 0 saturated heterocycles. The van der Waals surface area contributed by atoms with Crippen molar-refractivity contribution < 1.29 is 14.7 Å². The van der Waals surface area contributed by atoms with Crippen molar-refractivity contribution in [2.75, 3.05) is 6.54 Å². The summed E-state index contributed by atoms with van der Waals surface area (Å²) in [6.07, 6.45) is 0.600. The highest BCUT2D eigenvalue weighted by Gasteiger charge is 2.42. The second-order valence-corrected chi connectivity index (χ2v) is 6.94. The smallest absolute Gasteiger partial charge is 0.290 e. The summed E-state index contributed by atoms with van der Waals surface area (Å²) in [5.74, 6) is -1.40. The number of carbonyl (C=O) groups excluding carboxylic acids is 2. The van der Waals surface area contributed by atoms with Crippen LogP contribution in [-0.2, 0) is 16.0 Å². The third kappa shape index (κ3) is 3.48. The van der Waals surface area contributed by atoms with Crippen LogP contribution in [0.15, 0.2) is 59.9 Å². The number of benzene rings is 2. The Morgan fingerprint density at radius 1 is 1.12 bits per heavy atom. The largest absolute Gasteiger partial charge is 0.503 e. The third-order valence-electron chi connectivity index (χ3n) is 4.43. The summed E-state index contributed by atoms with van der Waals surface area (Å²) in [6.45, 7) is 1.69. The van der Waals surface area contributed by atoms with Gasteiger partial charge >= 0.3 is 0 Å². The first kappa shape index (κ1) is 18.5. The SMILES string of the molecule is CC(=O)C1=C(O)C(=O)N(CCc2ccccc2)C1c1ccc(Cl)c(Cl)c1. The van der Waals surface area contributed by atoms with Gasteiger partial charge in [-0.1, -0.05) is 59.6 Å². The van der Waals surface area contributed by atoms with Gasteiger partial charge in [-0.3, -0.25) is 9.59 Å². The molecule has 0 fully saturated rings. The zero-order valence-electron chi connectivity index (χ0n) is 14.1. The number of hydrogen-bond donors (Lipinski definition) is 1. The van der Waals surface area contributed by atoms with E-state index in [1.54, 1.807) is 18.2 Å². The number of halogens is 2. The fourth-order valence-corrected chi connectivity index (χ4v) is 3.47. The Kier molecular flexibility index (Phi) is 5.35. The first-order valence-electron chi connectivity index (χ1n) is 8.14. The lowest BCUT2D eigenvalue weighted by molar-refractivity contribution is -0.129. The molecule has 3 rings (SSSR count). The van der Waals surface area contributed by atoms with Crippen LogP contribution in [0.1, 0.15) is 24.1 Å². The molecule has 1 atom stereocenters. The van der Waals surface area contributed by atoms with E-state index in [4.69, 9.17) is 23.2 Å². The molecule has 1 amide bonds. The number of hydrogen-bond acceptors (Lipinski definition) is 3. The standard InChI is InChI=1S/C20H17Cl2NO3/c1-12(24)17-18(14-7-8-15(21)16(22)11-14)23(20(26)19(17)25)10-9-13-5-3-2-4-6-13/h2-8,11,18,25H,9-10H2,1H3. The maximum atomic E-state index is 12.6. The molecule has 134 valence electrons. The molecule has 1 N–H and O–H groups in total. The topological polar surface area (TPSA) is 57.6 Å². The Morgan fingerprint density at radius 3 is 2.42 bits per heavy atom. The maximum absolute atomic E-state index is 12.6.